The van der Waals surface area contributed by atoms with Crippen LogP contribution in [0.1, 0.15) is 96.8 Å². The van der Waals surface area contributed by atoms with E-state index in [0.29, 0.717) is 5.78 Å². The van der Waals surface area contributed by atoms with Crippen LogP contribution in [0.2, 0.25) is 0 Å². The zero-order valence-electron chi connectivity index (χ0n) is 20.1. The summed E-state index contributed by atoms with van der Waals surface area (Å²) >= 11 is 4.84. The van der Waals surface area contributed by atoms with Crippen molar-refractivity contribution in [3.05, 3.63) is 29.9 Å². The second-order valence-electron chi connectivity index (χ2n) is 6.79. The van der Waals surface area contributed by atoms with Crippen molar-refractivity contribution in [1.82, 2.24) is 0 Å². The fourth-order valence-electron chi connectivity index (χ4n) is 2.95. The second-order valence-corrected chi connectivity index (χ2v) is 9.03. The molecule has 0 aliphatic carbocycles. The fraction of sp³-hybridized carbons (Fsp3) is 0.720. The summed E-state index contributed by atoms with van der Waals surface area (Å²) in [6.45, 7) is 18.5. The van der Waals surface area contributed by atoms with Gasteiger partial charge in [0, 0.05) is 32.7 Å². The Kier molecular flexibility index (Phi) is 22.0. The van der Waals surface area contributed by atoms with Crippen molar-refractivity contribution in [2.24, 2.45) is 5.92 Å². The Morgan fingerprint density at radius 2 is 1.59 bits per heavy atom. The zero-order valence-corrected chi connectivity index (χ0v) is 24.4. The number of ketones is 1. The number of halogens is 2. The summed E-state index contributed by atoms with van der Waals surface area (Å²) in [5.41, 5.74) is 4.06. The second kappa shape index (κ2) is 20.2. The number of aryl methyl sites for hydroxylation is 1. The molecule has 1 aromatic carbocycles. The standard InChI is InChI=1S/C16H22I2O.C5H10O.2C2H6/c1-5-7-15(19)12(6-2)9-13-14(17)8-10(3)11(4)16(13)18;1-2-4-6-5-3-1;2*1-2/h8,12H,5-7,9H2,1-4H3;1-5H2;2*1-2H3. The third-order valence-corrected chi connectivity index (χ3v) is 7.21. The average molecular weight is 630 g/mol. The highest BCUT2D eigenvalue weighted by atomic mass is 127. The summed E-state index contributed by atoms with van der Waals surface area (Å²) in [5, 5.41) is 0. The first-order valence-electron chi connectivity index (χ1n) is 11.5. The number of carbonyl (C=O) groups excluding carboxylic acids is 1. The van der Waals surface area contributed by atoms with Gasteiger partial charge in [0.2, 0.25) is 0 Å². The number of Topliss-reactive ketones (excluding diaryl/α,β-unsaturated/α-hetero) is 1. The highest BCUT2D eigenvalue weighted by Gasteiger charge is 2.20. The van der Waals surface area contributed by atoms with E-state index in [0.717, 1.165) is 38.9 Å². The Morgan fingerprint density at radius 1 is 1.03 bits per heavy atom. The van der Waals surface area contributed by atoms with Gasteiger partial charge in [-0.2, -0.15) is 0 Å². The van der Waals surface area contributed by atoms with Gasteiger partial charge in [0.1, 0.15) is 5.78 Å². The number of hydrogen-bond acceptors (Lipinski definition) is 2. The van der Waals surface area contributed by atoms with E-state index in [9.17, 15) is 4.79 Å². The fourth-order valence-corrected chi connectivity index (χ4v) is 5.36. The molecular formula is C25H44I2O2. The maximum atomic E-state index is 12.1. The van der Waals surface area contributed by atoms with Crippen LogP contribution < -0.4 is 0 Å². The van der Waals surface area contributed by atoms with Crippen LogP contribution in [0.5, 0.6) is 0 Å². The zero-order chi connectivity index (χ0) is 22.8. The van der Waals surface area contributed by atoms with Gasteiger partial charge in [0.05, 0.1) is 0 Å². The number of carbonyl (C=O) groups is 1. The minimum Gasteiger partial charge on any atom is -0.381 e. The van der Waals surface area contributed by atoms with Gasteiger partial charge in [0.25, 0.3) is 0 Å². The molecule has 29 heavy (non-hydrogen) atoms. The van der Waals surface area contributed by atoms with Gasteiger partial charge in [-0.05, 0) is 120 Å². The summed E-state index contributed by atoms with van der Waals surface area (Å²) in [7, 11) is 0. The van der Waals surface area contributed by atoms with Crippen molar-refractivity contribution in [3.8, 4) is 0 Å². The summed E-state index contributed by atoms with van der Waals surface area (Å²) in [5.74, 6) is 0.610. The molecule has 2 rings (SSSR count). The van der Waals surface area contributed by atoms with Crippen molar-refractivity contribution in [2.75, 3.05) is 13.2 Å². The van der Waals surface area contributed by atoms with E-state index in [1.54, 1.807) is 0 Å². The van der Waals surface area contributed by atoms with E-state index in [1.165, 1.54) is 43.1 Å². The summed E-state index contributed by atoms with van der Waals surface area (Å²) in [6, 6.07) is 2.24. The summed E-state index contributed by atoms with van der Waals surface area (Å²) in [4.78, 5) is 12.1. The molecule has 1 aliphatic rings. The summed E-state index contributed by atoms with van der Waals surface area (Å²) < 4.78 is 7.71. The molecule has 1 fully saturated rings. The Morgan fingerprint density at radius 3 is 1.97 bits per heavy atom. The van der Waals surface area contributed by atoms with Crippen LogP contribution in [0.25, 0.3) is 0 Å². The highest BCUT2D eigenvalue weighted by molar-refractivity contribution is 14.1. The van der Waals surface area contributed by atoms with E-state index in [4.69, 9.17) is 4.74 Å². The molecule has 2 nitrogen and oxygen atoms in total. The topological polar surface area (TPSA) is 26.3 Å². The lowest BCUT2D eigenvalue weighted by Gasteiger charge is -2.18. The van der Waals surface area contributed by atoms with E-state index in [2.05, 4.69) is 78.9 Å². The number of rotatable bonds is 6. The molecule has 0 amide bonds. The normalized spacial score (nSPS) is 13.6. The van der Waals surface area contributed by atoms with Crippen molar-refractivity contribution in [3.63, 3.8) is 0 Å². The molecule has 0 bridgehead atoms. The van der Waals surface area contributed by atoms with Gasteiger partial charge in [-0.3, -0.25) is 4.79 Å². The van der Waals surface area contributed by atoms with Crippen LogP contribution >= 0.6 is 45.2 Å². The predicted octanol–water partition coefficient (Wildman–Crippen LogP) is 8.69. The van der Waals surface area contributed by atoms with E-state index >= 15 is 0 Å². The molecule has 0 radical (unpaired) electrons. The third-order valence-electron chi connectivity index (χ3n) is 4.79. The Hall–Kier alpha value is 0.310. The van der Waals surface area contributed by atoms with Crippen LogP contribution in [0.3, 0.4) is 0 Å². The van der Waals surface area contributed by atoms with Crippen molar-refractivity contribution in [1.29, 1.82) is 0 Å². The molecule has 4 heteroatoms. The lowest BCUT2D eigenvalue weighted by molar-refractivity contribution is -0.123. The van der Waals surface area contributed by atoms with Crippen LogP contribution in [0.15, 0.2) is 6.07 Å². The maximum Gasteiger partial charge on any atom is 0.136 e. The quantitative estimate of drug-likeness (QED) is 0.294. The lowest BCUT2D eigenvalue weighted by atomic mass is 9.90. The largest absolute Gasteiger partial charge is 0.381 e. The molecule has 1 aromatic rings. The maximum absolute atomic E-state index is 12.1. The molecule has 0 saturated carbocycles. The first-order valence-corrected chi connectivity index (χ1v) is 13.6. The molecule has 1 atom stereocenters. The Bertz CT molecular complexity index is 541. The lowest BCUT2D eigenvalue weighted by Crippen LogP contribution is -2.17. The van der Waals surface area contributed by atoms with Gasteiger partial charge in [0.15, 0.2) is 0 Å². The first-order chi connectivity index (χ1) is 13.9. The molecule has 1 heterocycles. The first kappa shape index (κ1) is 31.5. The SMILES string of the molecule is C1CCOCC1.CC.CC.CCCC(=O)C(CC)Cc1c(I)cc(C)c(C)c1I. The highest BCUT2D eigenvalue weighted by Crippen LogP contribution is 2.29. The van der Waals surface area contributed by atoms with Gasteiger partial charge in [-0.1, -0.05) is 41.5 Å². The van der Waals surface area contributed by atoms with Gasteiger partial charge < -0.3 is 4.74 Å². The molecular weight excluding hydrogens is 586 g/mol. The smallest absolute Gasteiger partial charge is 0.136 e. The van der Waals surface area contributed by atoms with Crippen LogP contribution in [0.4, 0.5) is 0 Å². The van der Waals surface area contributed by atoms with Crippen molar-refractivity contribution >= 4 is 51.0 Å². The molecule has 0 aromatic heterocycles. The van der Waals surface area contributed by atoms with E-state index in [-0.39, 0.29) is 5.92 Å². The van der Waals surface area contributed by atoms with Crippen LogP contribution in [-0.2, 0) is 16.0 Å². The Balaban J connectivity index is 0. The number of ether oxygens (including phenoxy) is 1. The molecule has 0 spiro atoms. The van der Waals surface area contributed by atoms with Gasteiger partial charge in [-0.15, -0.1) is 0 Å². The van der Waals surface area contributed by atoms with Gasteiger partial charge >= 0.3 is 0 Å². The number of hydrogen-bond donors (Lipinski definition) is 0. The molecule has 1 saturated heterocycles. The minimum atomic E-state index is 0.184. The summed E-state index contributed by atoms with van der Waals surface area (Å²) in [6.07, 6.45) is 7.44. The molecule has 1 unspecified atom stereocenters. The molecule has 1 aliphatic heterocycles. The van der Waals surface area contributed by atoms with E-state index in [1.807, 2.05) is 27.7 Å². The average Bonchev–Trinajstić information content (AvgIpc) is 2.77. The van der Waals surface area contributed by atoms with Crippen LogP contribution in [-0.4, -0.2) is 19.0 Å². The van der Waals surface area contributed by atoms with Crippen LogP contribution in [0, 0.1) is 26.9 Å². The molecule has 170 valence electrons. The number of benzene rings is 1. The van der Waals surface area contributed by atoms with Crippen molar-refractivity contribution < 1.29 is 9.53 Å². The van der Waals surface area contributed by atoms with Crippen molar-refractivity contribution in [2.45, 2.75) is 100 Å². The predicted molar refractivity (Wildman–Crippen MR) is 146 cm³/mol. The monoisotopic (exact) mass is 630 g/mol. The third kappa shape index (κ3) is 12.7. The van der Waals surface area contributed by atoms with E-state index < -0.39 is 0 Å². The Labute approximate surface area is 208 Å². The minimum absolute atomic E-state index is 0.184. The molecule has 0 N–H and O–H groups in total. The van der Waals surface area contributed by atoms with Gasteiger partial charge in [-0.25, -0.2) is 0 Å².